The number of hydrogen-bond acceptors (Lipinski definition) is 6. The molecule has 1 saturated heterocycles. The molecule has 0 bridgehead atoms. The number of rotatable bonds is 6. The maximum atomic E-state index is 13.0. The molecule has 1 amide bonds. The minimum atomic E-state index is -5.08. The lowest BCUT2D eigenvalue weighted by molar-refractivity contribution is -0.192. The number of likely N-dealkylation sites (tertiary alicyclic amines) is 1. The summed E-state index contributed by atoms with van der Waals surface area (Å²) in [5, 5.41) is 12.4. The van der Waals surface area contributed by atoms with E-state index in [1.54, 1.807) is 29.3 Å². The molecule has 1 fully saturated rings. The number of benzene rings is 3. The summed E-state index contributed by atoms with van der Waals surface area (Å²) in [5.74, 6) is 2.24. The highest BCUT2D eigenvalue weighted by molar-refractivity contribution is 7.89. The summed E-state index contributed by atoms with van der Waals surface area (Å²) >= 11 is 0. The predicted molar refractivity (Wildman–Crippen MR) is 135 cm³/mol. The van der Waals surface area contributed by atoms with E-state index in [0.717, 1.165) is 28.3 Å². The minimum absolute atomic E-state index is 0.157. The molecule has 0 radical (unpaired) electrons. The molecule has 3 aromatic carbocycles. The number of alkyl halides is 3. The lowest BCUT2D eigenvalue weighted by atomic mass is 10.0. The molecule has 202 valence electrons. The molecule has 1 heterocycles. The third kappa shape index (κ3) is 7.52. The summed E-state index contributed by atoms with van der Waals surface area (Å²) < 4.78 is 60.3. The molecule has 13 heteroatoms. The van der Waals surface area contributed by atoms with Crippen LogP contribution in [0, 0.1) is 0 Å². The average Bonchev–Trinajstić information content (AvgIpc) is 2.86. The van der Waals surface area contributed by atoms with Gasteiger partial charge >= 0.3 is 12.1 Å². The molecule has 1 unspecified atom stereocenters. The van der Waals surface area contributed by atoms with E-state index >= 15 is 0 Å². The van der Waals surface area contributed by atoms with Crippen LogP contribution < -0.4 is 10.6 Å². The van der Waals surface area contributed by atoms with Gasteiger partial charge in [0.25, 0.3) is 0 Å². The van der Waals surface area contributed by atoms with Crippen molar-refractivity contribution in [3.63, 3.8) is 0 Å². The van der Waals surface area contributed by atoms with Gasteiger partial charge in [0.2, 0.25) is 15.9 Å². The highest BCUT2D eigenvalue weighted by Crippen LogP contribution is 2.21. The summed E-state index contributed by atoms with van der Waals surface area (Å²) in [4.78, 5) is 23.8. The lowest BCUT2D eigenvalue weighted by Gasteiger charge is -2.32. The molecule has 9 nitrogen and oxygen atoms in total. The SMILES string of the molecule is NN=Cc1cccc(CN2CCCC(NS(=O)(=O)c3ccc4ccccc4c3)C2=O)c1.O=C(O)C(F)(F)F. The van der Waals surface area contributed by atoms with Crippen molar-refractivity contribution < 1.29 is 36.3 Å². The van der Waals surface area contributed by atoms with Crippen LogP contribution >= 0.6 is 0 Å². The van der Waals surface area contributed by atoms with Gasteiger partial charge < -0.3 is 15.8 Å². The van der Waals surface area contributed by atoms with Gasteiger partial charge in [0, 0.05) is 13.1 Å². The third-order valence-corrected chi connectivity index (χ3v) is 7.12. The number of hydrogen-bond donors (Lipinski definition) is 3. The number of carboxylic acid groups (broad SMARTS) is 1. The van der Waals surface area contributed by atoms with Gasteiger partial charge in [-0.15, -0.1) is 0 Å². The number of hydrazone groups is 1. The Morgan fingerprint density at radius 2 is 1.79 bits per heavy atom. The quantitative estimate of drug-likeness (QED) is 0.244. The first-order valence-corrected chi connectivity index (χ1v) is 12.8. The number of aliphatic carboxylic acids is 1. The Kier molecular flexibility index (Phi) is 9.07. The summed E-state index contributed by atoms with van der Waals surface area (Å²) in [6.07, 6.45) is -2.34. The molecule has 3 aromatic rings. The van der Waals surface area contributed by atoms with Gasteiger partial charge in [0.05, 0.1) is 11.1 Å². The zero-order valence-electron chi connectivity index (χ0n) is 19.9. The lowest BCUT2D eigenvalue weighted by Crippen LogP contribution is -2.51. The number of halogens is 3. The van der Waals surface area contributed by atoms with Crippen molar-refractivity contribution in [1.29, 1.82) is 0 Å². The molecule has 1 atom stereocenters. The monoisotopic (exact) mass is 550 g/mol. The Labute approximate surface area is 216 Å². The van der Waals surface area contributed by atoms with Crippen LogP contribution in [0.3, 0.4) is 0 Å². The van der Waals surface area contributed by atoms with Gasteiger partial charge in [-0.1, -0.05) is 48.5 Å². The molecular weight excluding hydrogens is 525 g/mol. The molecule has 0 saturated carbocycles. The Hall–Kier alpha value is -3.97. The van der Waals surface area contributed by atoms with Crippen molar-refractivity contribution >= 4 is 38.9 Å². The highest BCUT2D eigenvalue weighted by Gasteiger charge is 2.38. The van der Waals surface area contributed by atoms with E-state index in [9.17, 15) is 26.4 Å². The first kappa shape index (κ1) is 28.6. The Morgan fingerprint density at radius 3 is 2.45 bits per heavy atom. The number of carboxylic acids is 1. The normalized spacial score (nSPS) is 16.3. The second kappa shape index (κ2) is 12.0. The molecule has 0 spiro atoms. The Bertz CT molecular complexity index is 1440. The second-order valence-electron chi connectivity index (χ2n) is 8.41. The summed E-state index contributed by atoms with van der Waals surface area (Å²) in [7, 11) is -3.82. The van der Waals surface area contributed by atoms with Crippen molar-refractivity contribution in [2.45, 2.75) is 36.5 Å². The number of fused-ring (bicyclic) bond motifs is 1. The van der Waals surface area contributed by atoms with E-state index < -0.39 is 28.2 Å². The van der Waals surface area contributed by atoms with E-state index in [4.69, 9.17) is 15.7 Å². The molecule has 4 rings (SSSR count). The van der Waals surface area contributed by atoms with Crippen LogP contribution in [0.15, 0.2) is 76.7 Å². The van der Waals surface area contributed by atoms with Crippen LogP contribution in [0.5, 0.6) is 0 Å². The molecule has 0 aromatic heterocycles. The average molecular weight is 551 g/mol. The number of piperidine rings is 1. The van der Waals surface area contributed by atoms with Crippen LogP contribution in [0.2, 0.25) is 0 Å². The van der Waals surface area contributed by atoms with Crippen molar-refractivity contribution in [2.75, 3.05) is 6.54 Å². The van der Waals surface area contributed by atoms with Gasteiger partial charge in [-0.05, 0) is 52.9 Å². The maximum Gasteiger partial charge on any atom is 0.490 e. The van der Waals surface area contributed by atoms with Gasteiger partial charge in [0.15, 0.2) is 0 Å². The van der Waals surface area contributed by atoms with E-state index in [1.165, 1.54) is 0 Å². The van der Waals surface area contributed by atoms with E-state index in [0.29, 0.717) is 19.5 Å². The minimum Gasteiger partial charge on any atom is -0.475 e. The topological polar surface area (TPSA) is 142 Å². The van der Waals surface area contributed by atoms with Crippen LogP contribution in [0.25, 0.3) is 10.8 Å². The van der Waals surface area contributed by atoms with Gasteiger partial charge in [-0.3, -0.25) is 4.79 Å². The maximum absolute atomic E-state index is 13.0. The number of nitrogens with two attached hydrogens (primary N) is 1. The van der Waals surface area contributed by atoms with Gasteiger partial charge in [-0.2, -0.15) is 23.0 Å². The van der Waals surface area contributed by atoms with Crippen LogP contribution in [0.1, 0.15) is 24.0 Å². The Balaban J connectivity index is 0.000000505. The fourth-order valence-electron chi connectivity index (χ4n) is 3.87. The number of nitrogens with zero attached hydrogens (tertiary/aromatic N) is 2. The molecule has 4 N–H and O–H groups in total. The fourth-order valence-corrected chi connectivity index (χ4v) is 5.13. The fraction of sp³-hybridized carbons (Fsp3) is 0.240. The standard InChI is InChI=1S/C23H24N4O3S.C2HF3O2/c24-25-15-17-5-3-6-18(13-17)16-27-12-4-9-22(23(27)28)26-31(29,30)21-11-10-19-7-1-2-8-20(19)14-21;3-2(4,5)1(6)7/h1-3,5-8,10-11,13-15,22,26H,4,9,12,16,24H2;(H,6,7). The molecule has 38 heavy (non-hydrogen) atoms. The zero-order chi connectivity index (χ0) is 27.9. The molecule has 0 aliphatic carbocycles. The largest absolute Gasteiger partial charge is 0.490 e. The van der Waals surface area contributed by atoms with E-state index in [-0.39, 0.29) is 10.8 Å². The number of sulfonamides is 1. The molecular formula is C25H25F3N4O5S. The zero-order valence-corrected chi connectivity index (χ0v) is 20.7. The number of carbonyl (C=O) groups is 2. The van der Waals surface area contributed by atoms with Gasteiger partial charge in [-0.25, -0.2) is 13.2 Å². The first-order valence-electron chi connectivity index (χ1n) is 11.3. The van der Waals surface area contributed by atoms with E-state index in [2.05, 4.69) is 9.82 Å². The second-order valence-corrected chi connectivity index (χ2v) is 10.1. The van der Waals surface area contributed by atoms with Crippen LogP contribution in [-0.2, 0) is 26.2 Å². The molecule has 1 aliphatic rings. The summed E-state index contributed by atoms with van der Waals surface area (Å²) in [6.45, 7) is 0.988. The van der Waals surface area contributed by atoms with Crippen LogP contribution in [-0.4, -0.2) is 55.3 Å². The number of amides is 1. The summed E-state index contributed by atoms with van der Waals surface area (Å²) in [6, 6.07) is 19.3. The van der Waals surface area contributed by atoms with Crippen LogP contribution in [0.4, 0.5) is 13.2 Å². The van der Waals surface area contributed by atoms with Crippen molar-refractivity contribution in [1.82, 2.24) is 9.62 Å². The van der Waals surface area contributed by atoms with Crippen molar-refractivity contribution in [2.24, 2.45) is 10.9 Å². The Morgan fingerprint density at radius 1 is 1.11 bits per heavy atom. The smallest absolute Gasteiger partial charge is 0.475 e. The first-order chi connectivity index (χ1) is 17.9. The predicted octanol–water partition coefficient (Wildman–Crippen LogP) is 3.24. The highest BCUT2D eigenvalue weighted by atomic mass is 32.2. The number of nitrogens with one attached hydrogen (secondary N) is 1. The number of carbonyl (C=O) groups excluding carboxylic acids is 1. The van der Waals surface area contributed by atoms with Crippen molar-refractivity contribution in [3.05, 3.63) is 77.9 Å². The third-order valence-electron chi connectivity index (χ3n) is 5.65. The van der Waals surface area contributed by atoms with E-state index in [1.807, 2.05) is 48.5 Å². The van der Waals surface area contributed by atoms with Gasteiger partial charge in [0.1, 0.15) is 6.04 Å². The summed E-state index contributed by atoms with van der Waals surface area (Å²) in [5.41, 5.74) is 1.78. The molecule has 1 aliphatic heterocycles. The van der Waals surface area contributed by atoms with Crippen molar-refractivity contribution in [3.8, 4) is 0 Å².